The lowest BCUT2D eigenvalue weighted by molar-refractivity contribution is -0.123. The number of rotatable bonds is 8. The van der Waals surface area contributed by atoms with Crippen molar-refractivity contribution in [2.24, 2.45) is 0 Å². The van der Waals surface area contributed by atoms with Gasteiger partial charge in [-0.1, -0.05) is 6.07 Å². The molecule has 33 heavy (non-hydrogen) atoms. The number of furan rings is 1. The molecule has 0 spiro atoms. The number of halogens is 2. The third-order valence-corrected chi connectivity index (χ3v) is 6.00. The van der Waals surface area contributed by atoms with Crippen molar-refractivity contribution >= 4 is 27.6 Å². The number of benzene rings is 2. The highest BCUT2D eigenvalue weighted by Gasteiger charge is 2.23. The Kier molecular flexibility index (Phi) is 7.24. The van der Waals surface area contributed by atoms with Crippen molar-refractivity contribution < 1.29 is 35.9 Å². The molecule has 2 N–H and O–H groups in total. The van der Waals surface area contributed by atoms with Crippen LogP contribution in [0.15, 0.2) is 64.1 Å². The topological polar surface area (TPSA) is 115 Å². The number of carbonyl (C=O) groups excluding carboxylic acids is 2. The summed E-state index contributed by atoms with van der Waals surface area (Å²) in [6.07, 6.45) is 0.0597. The van der Waals surface area contributed by atoms with E-state index in [2.05, 4.69) is 10.0 Å². The number of amides is 1. The molecule has 0 aliphatic rings. The Morgan fingerprint density at radius 3 is 2.55 bits per heavy atom. The summed E-state index contributed by atoms with van der Waals surface area (Å²) in [5, 5.41) is 2.20. The summed E-state index contributed by atoms with van der Waals surface area (Å²) < 4.78 is 64.4. The third-order valence-electron chi connectivity index (χ3n) is 4.60. The van der Waals surface area contributed by atoms with Crippen molar-refractivity contribution in [3.05, 3.63) is 83.3 Å². The smallest absolute Gasteiger partial charge is 0.339 e. The van der Waals surface area contributed by atoms with Crippen LogP contribution in [0.2, 0.25) is 0 Å². The molecule has 0 saturated carbocycles. The second-order valence-corrected chi connectivity index (χ2v) is 8.81. The standard InChI is InChI=1S/C22H20F2N2O6S/c1-13-5-7-17(33(29,30)25-12-16-4-3-9-31-16)11-18(13)22(28)32-14(2)21(27)26-20-8-6-15(23)10-19(20)24/h3-11,14,25H,12H2,1-2H3,(H,26,27). The monoisotopic (exact) mass is 478 g/mol. The fourth-order valence-corrected chi connectivity index (χ4v) is 3.77. The molecule has 1 unspecified atom stereocenters. The average molecular weight is 478 g/mol. The molecule has 8 nitrogen and oxygen atoms in total. The lowest BCUT2D eigenvalue weighted by Crippen LogP contribution is -2.30. The van der Waals surface area contributed by atoms with Crippen LogP contribution in [0.4, 0.5) is 14.5 Å². The number of hydrogen-bond donors (Lipinski definition) is 2. The van der Waals surface area contributed by atoms with Gasteiger partial charge in [0.25, 0.3) is 5.91 Å². The van der Waals surface area contributed by atoms with E-state index in [9.17, 15) is 26.8 Å². The van der Waals surface area contributed by atoms with Gasteiger partial charge in [-0.25, -0.2) is 26.7 Å². The lowest BCUT2D eigenvalue weighted by atomic mass is 10.1. The maximum Gasteiger partial charge on any atom is 0.339 e. The van der Waals surface area contributed by atoms with Crippen LogP contribution < -0.4 is 10.0 Å². The Bertz CT molecular complexity index is 1280. The first-order valence-electron chi connectivity index (χ1n) is 9.66. The molecule has 1 amide bonds. The van der Waals surface area contributed by atoms with Gasteiger partial charge < -0.3 is 14.5 Å². The Balaban J connectivity index is 1.70. The van der Waals surface area contributed by atoms with Crippen molar-refractivity contribution in [1.82, 2.24) is 4.72 Å². The van der Waals surface area contributed by atoms with Gasteiger partial charge in [0, 0.05) is 6.07 Å². The van der Waals surface area contributed by atoms with Crippen molar-refractivity contribution in [3.63, 3.8) is 0 Å². The van der Waals surface area contributed by atoms with Gasteiger partial charge in [-0.05, 0) is 55.8 Å². The summed E-state index contributed by atoms with van der Waals surface area (Å²) in [5.74, 6) is -3.19. The zero-order chi connectivity index (χ0) is 24.2. The number of ether oxygens (including phenoxy) is 1. The van der Waals surface area contributed by atoms with E-state index in [1.807, 2.05) is 0 Å². The molecule has 11 heteroatoms. The van der Waals surface area contributed by atoms with Crippen LogP contribution in [0.1, 0.15) is 28.6 Å². The summed E-state index contributed by atoms with van der Waals surface area (Å²) in [6, 6.07) is 9.70. The van der Waals surface area contributed by atoms with E-state index in [1.165, 1.54) is 25.3 Å². The van der Waals surface area contributed by atoms with Crippen LogP contribution in [0.5, 0.6) is 0 Å². The maximum absolute atomic E-state index is 13.7. The van der Waals surface area contributed by atoms with Crippen LogP contribution in [0.3, 0.4) is 0 Å². The zero-order valence-electron chi connectivity index (χ0n) is 17.6. The normalized spacial score (nSPS) is 12.2. The van der Waals surface area contributed by atoms with Crippen molar-refractivity contribution in [2.45, 2.75) is 31.4 Å². The largest absolute Gasteiger partial charge is 0.468 e. The van der Waals surface area contributed by atoms with Gasteiger partial charge in [0.15, 0.2) is 6.10 Å². The first-order chi connectivity index (χ1) is 15.6. The number of nitrogens with one attached hydrogen (secondary N) is 2. The number of sulfonamides is 1. The number of carbonyl (C=O) groups is 2. The van der Waals surface area contributed by atoms with E-state index in [-0.39, 0.29) is 22.7 Å². The first kappa shape index (κ1) is 24.1. The van der Waals surface area contributed by atoms with E-state index >= 15 is 0 Å². The predicted octanol–water partition coefficient (Wildman–Crippen LogP) is 3.53. The van der Waals surface area contributed by atoms with Gasteiger partial charge in [0.05, 0.1) is 29.0 Å². The van der Waals surface area contributed by atoms with E-state index in [4.69, 9.17) is 9.15 Å². The molecular formula is C22H20F2N2O6S. The van der Waals surface area contributed by atoms with Gasteiger partial charge in [-0.3, -0.25) is 4.79 Å². The molecule has 0 aliphatic heterocycles. The van der Waals surface area contributed by atoms with Crippen molar-refractivity contribution in [1.29, 1.82) is 0 Å². The van der Waals surface area contributed by atoms with Crippen LogP contribution in [0, 0.1) is 18.6 Å². The minimum Gasteiger partial charge on any atom is -0.468 e. The predicted molar refractivity (Wildman–Crippen MR) is 114 cm³/mol. The molecule has 1 atom stereocenters. The minimum atomic E-state index is -3.97. The Labute approximate surface area is 188 Å². The molecule has 0 aliphatic carbocycles. The minimum absolute atomic E-state index is 0.0662. The van der Waals surface area contributed by atoms with Gasteiger partial charge in [0.1, 0.15) is 17.4 Å². The zero-order valence-corrected chi connectivity index (χ0v) is 18.4. The summed E-state index contributed by atoms with van der Waals surface area (Å²) >= 11 is 0. The van der Waals surface area contributed by atoms with Crippen LogP contribution >= 0.6 is 0 Å². The fourth-order valence-electron chi connectivity index (χ4n) is 2.75. The van der Waals surface area contributed by atoms with Gasteiger partial charge in [0.2, 0.25) is 10.0 Å². The summed E-state index contributed by atoms with van der Waals surface area (Å²) in [4.78, 5) is 24.7. The molecule has 0 radical (unpaired) electrons. The summed E-state index contributed by atoms with van der Waals surface area (Å²) in [6.45, 7) is 2.75. The van der Waals surface area contributed by atoms with Crippen LogP contribution in [0.25, 0.3) is 0 Å². The molecule has 1 aromatic heterocycles. The SMILES string of the molecule is Cc1ccc(S(=O)(=O)NCc2ccco2)cc1C(=O)OC(C)C(=O)Nc1ccc(F)cc1F. The Hall–Kier alpha value is -3.57. The molecule has 0 saturated heterocycles. The van der Waals surface area contributed by atoms with Gasteiger partial charge in [-0.15, -0.1) is 0 Å². The molecule has 2 aromatic carbocycles. The van der Waals surface area contributed by atoms with Gasteiger partial charge in [-0.2, -0.15) is 0 Å². The fraction of sp³-hybridized carbons (Fsp3) is 0.182. The highest BCUT2D eigenvalue weighted by molar-refractivity contribution is 7.89. The molecule has 0 fully saturated rings. The second-order valence-electron chi connectivity index (χ2n) is 7.04. The van der Waals surface area contributed by atoms with Crippen molar-refractivity contribution in [2.75, 3.05) is 5.32 Å². The van der Waals surface area contributed by atoms with Crippen molar-refractivity contribution in [3.8, 4) is 0 Å². The highest BCUT2D eigenvalue weighted by Crippen LogP contribution is 2.19. The molecule has 174 valence electrons. The molecule has 3 aromatic rings. The lowest BCUT2D eigenvalue weighted by Gasteiger charge is -2.15. The highest BCUT2D eigenvalue weighted by atomic mass is 32.2. The maximum atomic E-state index is 13.7. The first-order valence-corrected chi connectivity index (χ1v) is 11.1. The molecular weight excluding hydrogens is 458 g/mol. The second kappa shape index (κ2) is 9.92. The van der Waals surface area contributed by atoms with Crippen LogP contribution in [-0.2, 0) is 26.1 Å². The van der Waals surface area contributed by atoms with E-state index < -0.39 is 39.6 Å². The average Bonchev–Trinajstić information content (AvgIpc) is 3.28. The number of hydrogen-bond acceptors (Lipinski definition) is 6. The number of anilines is 1. The Morgan fingerprint density at radius 2 is 1.88 bits per heavy atom. The van der Waals surface area contributed by atoms with Crippen LogP contribution in [-0.4, -0.2) is 26.4 Å². The van der Waals surface area contributed by atoms with E-state index in [1.54, 1.807) is 19.1 Å². The quantitative estimate of drug-likeness (QED) is 0.479. The Morgan fingerprint density at radius 1 is 1.12 bits per heavy atom. The summed E-state index contributed by atoms with van der Waals surface area (Å²) in [5.41, 5.74) is 0.0712. The molecule has 1 heterocycles. The third kappa shape index (κ3) is 6.02. The van der Waals surface area contributed by atoms with E-state index in [0.717, 1.165) is 18.2 Å². The molecule has 0 bridgehead atoms. The number of esters is 1. The molecule has 3 rings (SSSR count). The van der Waals surface area contributed by atoms with E-state index in [0.29, 0.717) is 17.4 Å². The number of aryl methyl sites for hydroxylation is 1. The summed E-state index contributed by atoms with van der Waals surface area (Å²) in [7, 11) is -3.97. The van der Waals surface area contributed by atoms with Gasteiger partial charge >= 0.3 is 5.97 Å².